The molecule has 1 unspecified atom stereocenters. The van der Waals surface area contributed by atoms with Gasteiger partial charge in [0, 0.05) is 0 Å². The van der Waals surface area contributed by atoms with Gasteiger partial charge in [0.05, 0.1) is 12.5 Å². The van der Waals surface area contributed by atoms with Crippen LogP contribution in [0.2, 0.25) is 0 Å². The standard InChI is InChI=1S/C13H17FO3/c1-9(2)16-13(15)8-10(3)17-12-6-4-11(14)5-7-12/h4-7,9-10H,8H2,1-3H3. The Kier molecular flexibility index (Phi) is 4.94. The average Bonchev–Trinajstić information content (AvgIpc) is 2.19. The highest BCUT2D eigenvalue weighted by Gasteiger charge is 2.13. The zero-order valence-corrected chi connectivity index (χ0v) is 10.3. The molecule has 0 spiro atoms. The van der Waals surface area contributed by atoms with Crippen molar-refractivity contribution in [3.8, 4) is 5.75 Å². The summed E-state index contributed by atoms with van der Waals surface area (Å²) in [7, 11) is 0. The number of carbonyl (C=O) groups excluding carboxylic acids is 1. The summed E-state index contributed by atoms with van der Waals surface area (Å²) in [4.78, 5) is 11.3. The first-order chi connectivity index (χ1) is 7.97. The van der Waals surface area contributed by atoms with Crippen molar-refractivity contribution in [3.63, 3.8) is 0 Å². The molecule has 1 aromatic carbocycles. The van der Waals surface area contributed by atoms with E-state index in [1.165, 1.54) is 24.3 Å². The molecule has 17 heavy (non-hydrogen) atoms. The third kappa shape index (κ3) is 5.33. The van der Waals surface area contributed by atoms with Crippen LogP contribution in [-0.4, -0.2) is 18.2 Å². The number of benzene rings is 1. The van der Waals surface area contributed by atoms with Crippen LogP contribution in [0.1, 0.15) is 27.2 Å². The van der Waals surface area contributed by atoms with Crippen LogP contribution in [0.5, 0.6) is 5.75 Å². The van der Waals surface area contributed by atoms with Gasteiger partial charge in [-0.2, -0.15) is 0 Å². The molecule has 0 fully saturated rings. The fourth-order valence-electron chi connectivity index (χ4n) is 1.33. The molecule has 0 saturated heterocycles. The van der Waals surface area contributed by atoms with E-state index in [1.807, 2.05) is 0 Å². The highest BCUT2D eigenvalue weighted by molar-refractivity contribution is 5.70. The molecular weight excluding hydrogens is 223 g/mol. The first kappa shape index (κ1) is 13.5. The molecule has 0 amide bonds. The van der Waals surface area contributed by atoms with E-state index in [0.717, 1.165) is 0 Å². The van der Waals surface area contributed by atoms with E-state index >= 15 is 0 Å². The average molecular weight is 240 g/mol. The lowest BCUT2D eigenvalue weighted by Crippen LogP contribution is -2.21. The van der Waals surface area contributed by atoms with Crippen molar-refractivity contribution >= 4 is 5.97 Å². The SMILES string of the molecule is CC(C)OC(=O)CC(C)Oc1ccc(F)cc1. The van der Waals surface area contributed by atoms with E-state index in [4.69, 9.17) is 9.47 Å². The smallest absolute Gasteiger partial charge is 0.309 e. The normalized spacial score (nSPS) is 12.3. The Bertz CT molecular complexity index is 359. The molecule has 0 heterocycles. The van der Waals surface area contributed by atoms with Crippen LogP contribution < -0.4 is 4.74 Å². The Labute approximate surface area is 101 Å². The van der Waals surface area contributed by atoms with Gasteiger partial charge >= 0.3 is 5.97 Å². The number of carbonyl (C=O) groups is 1. The molecule has 0 aliphatic heterocycles. The van der Waals surface area contributed by atoms with E-state index in [0.29, 0.717) is 5.75 Å². The van der Waals surface area contributed by atoms with Gasteiger partial charge in [0.2, 0.25) is 0 Å². The number of ether oxygens (including phenoxy) is 2. The molecule has 0 aromatic heterocycles. The van der Waals surface area contributed by atoms with Crippen LogP contribution in [-0.2, 0) is 9.53 Å². The van der Waals surface area contributed by atoms with E-state index in [2.05, 4.69) is 0 Å². The van der Waals surface area contributed by atoms with Crippen LogP contribution in [0, 0.1) is 5.82 Å². The molecule has 94 valence electrons. The minimum Gasteiger partial charge on any atom is -0.490 e. The Morgan fingerprint density at radius 1 is 1.24 bits per heavy atom. The van der Waals surface area contributed by atoms with Crippen molar-refractivity contribution in [1.29, 1.82) is 0 Å². The van der Waals surface area contributed by atoms with Gasteiger partial charge in [0.25, 0.3) is 0 Å². The summed E-state index contributed by atoms with van der Waals surface area (Å²) < 4.78 is 23.1. The monoisotopic (exact) mass is 240 g/mol. The predicted octanol–water partition coefficient (Wildman–Crippen LogP) is 2.93. The first-order valence-electron chi connectivity index (χ1n) is 5.59. The van der Waals surface area contributed by atoms with Gasteiger partial charge in [-0.05, 0) is 45.0 Å². The fourth-order valence-corrected chi connectivity index (χ4v) is 1.33. The molecule has 4 heteroatoms. The van der Waals surface area contributed by atoms with E-state index in [9.17, 15) is 9.18 Å². The van der Waals surface area contributed by atoms with Crippen molar-refractivity contribution in [2.24, 2.45) is 0 Å². The first-order valence-corrected chi connectivity index (χ1v) is 5.59. The van der Waals surface area contributed by atoms with Gasteiger partial charge in [0.15, 0.2) is 0 Å². The summed E-state index contributed by atoms with van der Waals surface area (Å²) in [6.07, 6.45) is -0.248. The zero-order chi connectivity index (χ0) is 12.8. The highest BCUT2D eigenvalue weighted by atomic mass is 19.1. The second kappa shape index (κ2) is 6.23. The van der Waals surface area contributed by atoms with Gasteiger partial charge in [-0.3, -0.25) is 4.79 Å². The minimum absolute atomic E-state index is 0.125. The van der Waals surface area contributed by atoms with Crippen LogP contribution in [0.4, 0.5) is 4.39 Å². The second-order valence-corrected chi connectivity index (χ2v) is 4.13. The van der Waals surface area contributed by atoms with E-state index < -0.39 is 0 Å². The molecule has 0 saturated carbocycles. The Balaban J connectivity index is 2.41. The molecule has 3 nitrogen and oxygen atoms in total. The third-order valence-electron chi connectivity index (χ3n) is 1.97. The van der Waals surface area contributed by atoms with Crippen LogP contribution in [0.3, 0.4) is 0 Å². The Hall–Kier alpha value is -1.58. The van der Waals surface area contributed by atoms with Crippen molar-refractivity contribution in [3.05, 3.63) is 30.1 Å². The molecular formula is C13H17FO3. The maximum absolute atomic E-state index is 12.6. The lowest BCUT2D eigenvalue weighted by Gasteiger charge is -2.15. The largest absolute Gasteiger partial charge is 0.490 e. The predicted molar refractivity (Wildman–Crippen MR) is 62.3 cm³/mol. The van der Waals surface area contributed by atoms with Gasteiger partial charge in [-0.1, -0.05) is 0 Å². The number of rotatable bonds is 5. The van der Waals surface area contributed by atoms with Crippen LogP contribution in [0.25, 0.3) is 0 Å². The van der Waals surface area contributed by atoms with Gasteiger partial charge < -0.3 is 9.47 Å². The van der Waals surface area contributed by atoms with Crippen molar-refractivity contribution in [2.75, 3.05) is 0 Å². The summed E-state index contributed by atoms with van der Waals surface area (Å²) in [6, 6.07) is 5.68. The second-order valence-electron chi connectivity index (χ2n) is 4.13. The van der Waals surface area contributed by atoms with Crippen molar-refractivity contribution < 1.29 is 18.7 Å². The molecule has 0 aliphatic rings. The Morgan fingerprint density at radius 2 is 1.82 bits per heavy atom. The summed E-state index contributed by atoms with van der Waals surface area (Å²) in [5.41, 5.74) is 0. The molecule has 1 rings (SSSR count). The van der Waals surface area contributed by atoms with E-state index in [1.54, 1.807) is 20.8 Å². The Morgan fingerprint density at radius 3 is 2.35 bits per heavy atom. The number of hydrogen-bond acceptors (Lipinski definition) is 3. The maximum atomic E-state index is 12.6. The highest BCUT2D eigenvalue weighted by Crippen LogP contribution is 2.14. The third-order valence-corrected chi connectivity index (χ3v) is 1.97. The quantitative estimate of drug-likeness (QED) is 0.742. The topological polar surface area (TPSA) is 35.5 Å². The molecule has 0 N–H and O–H groups in total. The molecule has 1 atom stereocenters. The minimum atomic E-state index is -0.316. The molecule has 1 aromatic rings. The fraction of sp³-hybridized carbons (Fsp3) is 0.462. The van der Waals surface area contributed by atoms with Gasteiger partial charge in [-0.25, -0.2) is 4.39 Å². The summed E-state index contributed by atoms with van der Waals surface area (Å²) in [5.74, 6) is -0.0740. The van der Waals surface area contributed by atoms with Crippen LogP contribution in [0.15, 0.2) is 24.3 Å². The summed E-state index contributed by atoms with van der Waals surface area (Å²) in [5, 5.41) is 0. The van der Waals surface area contributed by atoms with Crippen LogP contribution >= 0.6 is 0 Å². The lowest BCUT2D eigenvalue weighted by molar-refractivity contribution is -0.149. The lowest BCUT2D eigenvalue weighted by atomic mass is 10.2. The number of hydrogen-bond donors (Lipinski definition) is 0. The van der Waals surface area contributed by atoms with Gasteiger partial charge in [0.1, 0.15) is 17.7 Å². The molecule has 0 radical (unpaired) electrons. The molecule has 0 bridgehead atoms. The van der Waals surface area contributed by atoms with Crippen molar-refractivity contribution in [2.45, 2.75) is 39.4 Å². The number of halogens is 1. The van der Waals surface area contributed by atoms with Crippen molar-refractivity contribution in [1.82, 2.24) is 0 Å². The maximum Gasteiger partial charge on any atom is 0.309 e. The number of esters is 1. The summed E-state index contributed by atoms with van der Waals surface area (Å²) >= 11 is 0. The molecule has 0 aliphatic carbocycles. The summed E-state index contributed by atoms with van der Waals surface area (Å²) in [6.45, 7) is 5.36. The zero-order valence-electron chi connectivity index (χ0n) is 10.3. The van der Waals surface area contributed by atoms with E-state index in [-0.39, 0.29) is 30.4 Å². The van der Waals surface area contributed by atoms with Gasteiger partial charge in [-0.15, -0.1) is 0 Å².